The number of nitrogen functional groups attached to an aromatic ring is 1. The van der Waals surface area contributed by atoms with Gasteiger partial charge in [-0.1, -0.05) is 24.9 Å². The van der Waals surface area contributed by atoms with E-state index in [9.17, 15) is 4.79 Å². The molecule has 100 valence electrons. The van der Waals surface area contributed by atoms with Gasteiger partial charge in [-0.25, -0.2) is 4.98 Å². The van der Waals surface area contributed by atoms with Crippen molar-refractivity contribution in [2.24, 2.45) is 0 Å². The summed E-state index contributed by atoms with van der Waals surface area (Å²) in [5.74, 6) is -0.257. The Labute approximate surface area is 112 Å². The number of methoxy groups -OCH3 is 1. The third-order valence-corrected chi connectivity index (χ3v) is 2.69. The molecular weight excluding hydrogens is 254 g/mol. The molecular formula is C12H18ClN3O2. The number of nitrogens with two attached hydrogens (primary N) is 1. The van der Waals surface area contributed by atoms with Crippen molar-refractivity contribution in [2.45, 2.75) is 25.8 Å². The van der Waals surface area contributed by atoms with Crippen LogP contribution in [-0.2, 0) is 4.74 Å². The third kappa shape index (κ3) is 4.16. The zero-order valence-electron chi connectivity index (χ0n) is 10.6. The Hall–Kier alpha value is -1.33. The summed E-state index contributed by atoms with van der Waals surface area (Å²) in [6.45, 7) is 2.52. The third-order valence-electron chi connectivity index (χ3n) is 2.49. The monoisotopic (exact) mass is 271 g/mol. The second-order valence-corrected chi connectivity index (χ2v) is 4.40. The van der Waals surface area contributed by atoms with Gasteiger partial charge >= 0.3 is 0 Å². The van der Waals surface area contributed by atoms with Crippen LogP contribution in [0.25, 0.3) is 0 Å². The molecule has 1 atom stereocenters. The molecule has 1 heterocycles. The van der Waals surface area contributed by atoms with E-state index in [1.54, 1.807) is 7.11 Å². The molecule has 0 aromatic carbocycles. The van der Waals surface area contributed by atoms with Gasteiger partial charge in [-0.3, -0.25) is 4.79 Å². The number of nitrogens with zero attached hydrogens (tertiary/aromatic N) is 1. The topological polar surface area (TPSA) is 77.2 Å². The van der Waals surface area contributed by atoms with Crippen LogP contribution in [0.3, 0.4) is 0 Å². The first-order valence-electron chi connectivity index (χ1n) is 5.79. The van der Waals surface area contributed by atoms with E-state index in [4.69, 9.17) is 22.1 Å². The first-order valence-corrected chi connectivity index (χ1v) is 6.17. The lowest BCUT2D eigenvalue weighted by Crippen LogP contribution is -2.38. The Morgan fingerprint density at radius 2 is 2.39 bits per heavy atom. The fraction of sp³-hybridized carbons (Fsp3) is 0.500. The summed E-state index contributed by atoms with van der Waals surface area (Å²) in [7, 11) is 1.60. The quantitative estimate of drug-likeness (QED) is 0.774. The summed E-state index contributed by atoms with van der Waals surface area (Å²) >= 11 is 5.75. The molecule has 1 aromatic rings. The molecule has 6 heteroatoms. The summed E-state index contributed by atoms with van der Waals surface area (Å²) in [5.41, 5.74) is 6.35. The number of ether oxygens (including phenoxy) is 1. The summed E-state index contributed by atoms with van der Waals surface area (Å²) < 4.78 is 5.06. The fourth-order valence-electron chi connectivity index (χ4n) is 1.65. The molecule has 5 nitrogen and oxygen atoms in total. The fourth-order valence-corrected chi connectivity index (χ4v) is 1.80. The van der Waals surface area contributed by atoms with Crippen LogP contribution in [0.2, 0.25) is 5.15 Å². The number of hydrogen-bond acceptors (Lipinski definition) is 4. The number of anilines is 1. The van der Waals surface area contributed by atoms with Crippen LogP contribution < -0.4 is 11.1 Å². The van der Waals surface area contributed by atoms with Crippen LogP contribution in [-0.4, -0.2) is 30.6 Å². The highest BCUT2D eigenvalue weighted by Crippen LogP contribution is 2.15. The minimum Gasteiger partial charge on any atom is -0.397 e. The summed E-state index contributed by atoms with van der Waals surface area (Å²) in [5, 5.41) is 3.12. The molecule has 1 unspecified atom stereocenters. The molecule has 3 N–H and O–H groups in total. The lowest BCUT2D eigenvalue weighted by Gasteiger charge is -2.17. The molecule has 0 aliphatic carbocycles. The summed E-state index contributed by atoms with van der Waals surface area (Å²) in [6, 6.07) is 1.43. The van der Waals surface area contributed by atoms with Crippen molar-refractivity contribution in [1.29, 1.82) is 0 Å². The molecule has 0 fully saturated rings. The number of nitrogens with one attached hydrogen (secondary N) is 1. The number of aromatic nitrogens is 1. The molecule has 0 bridgehead atoms. The average Bonchev–Trinajstić information content (AvgIpc) is 2.33. The normalized spacial score (nSPS) is 12.2. The lowest BCUT2D eigenvalue weighted by atomic mass is 10.1. The largest absolute Gasteiger partial charge is 0.397 e. The number of carbonyl (C=O) groups excluding carboxylic acids is 1. The van der Waals surface area contributed by atoms with Crippen molar-refractivity contribution in [3.63, 3.8) is 0 Å². The second-order valence-electron chi connectivity index (χ2n) is 4.01. The van der Waals surface area contributed by atoms with Gasteiger partial charge in [-0.2, -0.15) is 0 Å². The van der Waals surface area contributed by atoms with E-state index in [1.807, 2.05) is 6.92 Å². The van der Waals surface area contributed by atoms with Gasteiger partial charge < -0.3 is 15.8 Å². The van der Waals surface area contributed by atoms with Gasteiger partial charge in [0.25, 0.3) is 5.91 Å². The lowest BCUT2D eigenvalue weighted by molar-refractivity contribution is 0.0892. The Kier molecular flexibility index (Phi) is 5.88. The van der Waals surface area contributed by atoms with Crippen LogP contribution in [0, 0.1) is 0 Å². The van der Waals surface area contributed by atoms with Crippen molar-refractivity contribution < 1.29 is 9.53 Å². The molecule has 0 aliphatic heterocycles. The number of hydrogen-bond donors (Lipinski definition) is 2. The Morgan fingerprint density at radius 1 is 1.67 bits per heavy atom. The number of rotatable bonds is 6. The molecule has 0 radical (unpaired) electrons. The van der Waals surface area contributed by atoms with Crippen molar-refractivity contribution in [3.8, 4) is 0 Å². The van der Waals surface area contributed by atoms with Gasteiger partial charge in [0.1, 0.15) is 5.15 Å². The van der Waals surface area contributed by atoms with E-state index >= 15 is 0 Å². The second kappa shape index (κ2) is 7.18. The zero-order chi connectivity index (χ0) is 13.5. The van der Waals surface area contributed by atoms with E-state index in [1.165, 1.54) is 12.3 Å². The van der Waals surface area contributed by atoms with Crippen LogP contribution in [0.1, 0.15) is 30.1 Å². The molecule has 1 aromatic heterocycles. The van der Waals surface area contributed by atoms with E-state index < -0.39 is 0 Å². The first-order chi connectivity index (χ1) is 8.58. The molecule has 18 heavy (non-hydrogen) atoms. The van der Waals surface area contributed by atoms with Crippen LogP contribution in [0.15, 0.2) is 12.3 Å². The van der Waals surface area contributed by atoms with Crippen LogP contribution >= 0.6 is 11.6 Å². The summed E-state index contributed by atoms with van der Waals surface area (Å²) in [4.78, 5) is 15.9. The highest BCUT2D eigenvalue weighted by atomic mass is 35.5. The number of amides is 1. The van der Waals surface area contributed by atoms with E-state index in [0.717, 1.165) is 12.8 Å². The van der Waals surface area contributed by atoms with Gasteiger partial charge in [0, 0.05) is 7.11 Å². The van der Waals surface area contributed by atoms with Gasteiger partial charge in [0.15, 0.2) is 0 Å². The zero-order valence-corrected chi connectivity index (χ0v) is 11.3. The Balaban J connectivity index is 2.76. The van der Waals surface area contributed by atoms with Crippen molar-refractivity contribution in [3.05, 3.63) is 23.0 Å². The smallest absolute Gasteiger partial charge is 0.253 e. The minimum atomic E-state index is -0.257. The number of halogens is 1. The highest BCUT2D eigenvalue weighted by Gasteiger charge is 2.15. The molecule has 1 rings (SSSR count). The molecule has 1 amide bonds. The van der Waals surface area contributed by atoms with E-state index in [-0.39, 0.29) is 17.1 Å². The SMILES string of the molecule is CCCC(COC)NC(=O)c1cc(Cl)ncc1N. The van der Waals surface area contributed by atoms with Crippen molar-refractivity contribution in [1.82, 2.24) is 10.3 Å². The molecule has 0 saturated heterocycles. The number of pyridine rings is 1. The van der Waals surface area contributed by atoms with Crippen molar-refractivity contribution in [2.75, 3.05) is 19.5 Å². The van der Waals surface area contributed by atoms with Crippen LogP contribution in [0.4, 0.5) is 5.69 Å². The molecule has 0 spiro atoms. The maximum Gasteiger partial charge on any atom is 0.253 e. The first kappa shape index (κ1) is 14.7. The average molecular weight is 272 g/mol. The predicted octanol–water partition coefficient (Wildman–Crippen LogP) is 1.86. The Morgan fingerprint density at radius 3 is 3.00 bits per heavy atom. The maximum absolute atomic E-state index is 12.0. The number of carbonyl (C=O) groups is 1. The van der Waals surface area contributed by atoms with Gasteiger partial charge in [0.05, 0.1) is 30.1 Å². The predicted molar refractivity (Wildman–Crippen MR) is 71.7 cm³/mol. The summed E-state index contributed by atoms with van der Waals surface area (Å²) in [6.07, 6.45) is 3.18. The molecule has 0 saturated carbocycles. The van der Waals surface area contributed by atoms with Crippen LogP contribution in [0.5, 0.6) is 0 Å². The standard InChI is InChI=1S/C12H18ClN3O2/c1-3-4-8(7-18-2)16-12(17)9-5-11(13)15-6-10(9)14/h5-6,8H,3-4,7,14H2,1-2H3,(H,16,17). The minimum absolute atomic E-state index is 0.0289. The van der Waals surface area contributed by atoms with E-state index in [2.05, 4.69) is 10.3 Å². The molecule has 0 aliphatic rings. The highest BCUT2D eigenvalue weighted by molar-refractivity contribution is 6.29. The van der Waals surface area contributed by atoms with Gasteiger partial charge in [-0.05, 0) is 12.5 Å². The van der Waals surface area contributed by atoms with E-state index in [0.29, 0.717) is 17.9 Å². The van der Waals surface area contributed by atoms with Crippen molar-refractivity contribution >= 4 is 23.2 Å². The van der Waals surface area contributed by atoms with Gasteiger partial charge in [-0.15, -0.1) is 0 Å². The van der Waals surface area contributed by atoms with Gasteiger partial charge in [0.2, 0.25) is 0 Å². The Bertz CT molecular complexity index is 406. The maximum atomic E-state index is 12.0.